The van der Waals surface area contributed by atoms with E-state index < -0.39 is 10.0 Å². The molecule has 29 heavy (non-hydrogen) atoms. The second-order valence-electron chi connectivity index (χ2n) is 7.04. The number of hydrogen-bond acceptors (Lipinski definition) is 6. The maximum absolute atomic E-state index is 12.7. The van der Waals surface area contributed by atoms with Gasteiger partial charge in [-0.05, 0) is 25.1 Å². The van der Waals surface area contributed by atoms with Gasteiger partial charge in [-0.3, -0.25) is 0 Å². The fourth-order valence-electron chi connectivity index (χ4n) is 3.45. The molecule has 0 bridgehead atoms. The van der Waals surface area contributed by atoms with E-state index in [1.54, 1.807) is 28.6 Å². The molecule has 0 aliphatic carbocycles. The van der Waals surface area contributed by atoms with Gasteiger partial charge in [0.25, 0.3) is 0 Å². The predicted octanol–water partition coefficient (Wildman–Crippen LogP) is 2.68. The van der Waals surface area contributed by atoms with Crippen LogP contribution in [-0.2, 0) is 16.4 Å². The van der Waals surface area contributed by atoms with Gasteiger partial charge in [-0.1, -0.05) is 53.7 Å². The van der Waals surface area contributed by atoms with Crippen molar-refractivity contribution >= 4 is 10.0 Å². The lowest BCUT2D eigenvalue weighted by Gasteiger charge is -2.33. The first-order valence-corrected chi connectivity index (χ1v) is 11.2. The van der Waals surface area contributed by atoms with E-state index in [1.165, 1.54) is 0 Å². The lowest BCUT2D eigenvalue weighted by atomic mass is 10.2. The zero-order valence-electron chi connectivity index (χ0n) is 16.1. The van der Waals surface area contributed by atoms with Crippen LogP contribution in [0.1, 0.15) is 12.3 Å². The first-order valence-electron chi connectivity index (χ1n) is 9.78. The summed E-state index contributed by atoms with van der Waals surface area (Å²) in [5.74, 6) is 1.24. The first-order chi connectivity index (χ1) is 14.1. The zero-order valence-corrected chi connectivity index (χ0v) is 17.0. The second kappa shape index (κ2) is 8.86. The highest BCUT2D eigenvalue weighted by Gasteiger charge is 2.28. The predicted molar refractivity (Wildman–Crippen MR) is 110 cm³/mol. The van der Waals surface area contributed by atoms with Gasteiger partial charge in [0.2, 0.25) is 21.7 Å². The normalized spacial score (nSPS) is 16.1. The number of nitrogens with zero attached hydrogens (tertiary/aromatic N) is 4. The summed E-state index contributed by atoms with van der Waals surface area (Å²) in [7, 11) is -3.40. The Morgan fingerprint density at radius 3 is 2.24 bits per heavy atom. The number of aryl methyl sites for hydroxylation is 1. The standard InChI is InChI=1S/C21H24N4O3S/c26-29(27,19-10-5-2-6-11-19)25-16-14-24(15-17-25)13-7-12-20-22-21(23-28-20)18-8-3-1-4-9-18/h1-6,8-11H,7,12-17H2. The summed E-state index contributed by atoms with van der Waals surface area (Å²) < 4.78 is 32.3. The molecule has 0 N–H and O–H groups in total. The van der Waals surface area contributed by atoms with Crippen LogP contribution in [0.5, 0.6) is 0 Å². The molecule has 7 nitrogen and oxygen atoms in total. The Morgan fingerprint density at radius 2 is 1.55 bits per heavy atom. The van der Waals surface area contributed by atoms with Gasteiger partial charge in [0.05, 0.1) is 4.90 Å². The molecule has 0 radical (unpaired) electrons. The van der Waals surface area contributed by atoms with E-state index in [1.807, 2.05) is 36.4 Å². The topological polar surface area (TPSA) is 79.5 Å². The molecular weight excluding hydrogens is 388 g/mol. The Labute approximate surface area is 171 Å². The van der Waals surface area contributed by atoms with Crippen LogP contribution in [0.4, 0.5) is 0 Å². The third-order valence-corrected chi connectivity index (χ3v) is 6.99. The van der Waals surface area contributed by atoms with Crippen LogP contribution in [0.25, 0.3) is 11.4 Å². The molecule has 2 aromatic carbocycles. The van der Waals surface area contributed by atoms with Crippen LogP contribution in [0.2, 0.25) is 0 Å². The molecule has 4 rings (SSSR count). The van der Waals surface area contributed by atoms with Gasteiger partial charge >= 0.3 is 0 Å². The molecule has 8 heteroatoms. The molecule has 0 unspecified atom stereocenters. The first kappa shape index (κ1) is 19.8. The van der Waals surface area contributed by atoms with Gasteiger partial charge in [-0.25, -0.2) is 8.42 Å². The van der Waals surface area contributed by atoms with Crippen LogP contribution < -0.4 is 0 Å². The van der Waals surface area contributed by atoms with Gasteiger partial charge in [0.1, 0.15) is 0 Å². The highest BCUT2D eigenvalue weighted by atomic mass is 32.2. The number of aromatic nitrogens is 2. The van der Waals surface area contributed by atoms with Crippen LogP contribution in [-0.4, -0.2) is 60.5 Å². The summed E-state index contributed by atoms with van der Waals surface area (Å²) in [6, 6.07) is 18.4. The molecule has 1 saturated heterocycles. The van der Waals surface area contributed by atoms with Gasteiger partial charge in [-0.15, -0.1) is 0 Å². The van der Waals surface area contributed by atoms with Crippen molar-refractivity contribution < 1.29 is 12.9 Å². The van der Waals surface area contributed by atoms with E-state index in [0.29, 0.717) is 36.1 Å². The number of piperazine rings is 1. The van der Waals surface area contributed by atoms with Crippen LogP contribution in [0, 0.1) is 0 Å². The molecule has 0 spiro atoms. The number of rotatable bonds is 7. The number of hydrogen-bond donors (Lipinski definition) is 0. The molecule has 1 aliphatic heterocycles. The van der Waals surface area contributed by atoms with Crippen LogP contribution in [0.15, 0.2) is 70.1 Å². The smallest absolute Gasteiger partial charge is 0.243 e. The summed E-state index contributed by atoms with van der Waals surface area (Å²) in [5, 5.41) is 4.04. The summed E-state index contributed by atoms with van der Waals surface area (Å²) in [4.78, 5) is 7.10. The summed E-state index contributed by atoms with van der Waals surface area (Å²) >= 11 is 0. The largest absolute Gasteiger partial charge is 0.339 e. The Morgan fingerprint density at radius 1 is 0.897 bits per heavy atom. The highest BCUT2D eigenvalue weighted by Crippen LogP contribution is 2.18. The van der Waals surface area contributed by atoms with Gasteiger partial charge < -0.3 is 9.42 Å². The quantitative estimate of drug-likeness (QED) is 0.594. The van der Waals surface area contributed by atoms with E-state index in [4.69, 9.17) is 4.52 Å². The van der Waals surface area contributed by atoms with Crippen molar-refractivity contribution in [2.75, 3.05) is 32.7 Å². The minimum atomic E-state index is -3.40. The van der Waals surface area contributed by atoms with Crippen molar-refractivity contribution in [3.8, 4) is 11.4 Å². The van der Waals surface area contributed by atoms with Crippen molar-refractivity contribution in [3.63, 3.8) is 0 Å². The van der Waals surface area contributed by atoms with E-state index in [2.05, 4.69) is 15.0 Å². The van der Waals surface area contributed by atoms with Crippen LogP contribution >= 0.6 is 0 Å². The van der Waals surface area contributed by atoms with Crippen molar-refractivity contribution in [1.82, 2.24) is 19.3 Å². The van der Waals surface area contributed by atoms with Gasteiger partial charge in [0.15, 0.2) is 0 Å². The Balaban J connectivity index is 1.24. The maximum atomic E-state index is 12.7. The third-order valence-electron chi connectivity index (χ3n) is 5.08. The van der Waals surface area contributed by atoms with E-state index in [-0.39, 0.29) is 0 Å². The Kier molecular flexibility index (Phi) is 6.03. The lowest BCUT2D eigenvalue weighted by molar-refractivity contribution is 0.185. The molecule has 1 aromatic heterocycles. The van der Waals surface area contributed by atoms with Crippen molar-refractivity contribution in [2.45, 2.75) is 17.7 Å². The Bertz CT molecular complexity index is 1010. The fourth-order valence-corrected chi connectivity index (χ4v) is 4.89. The monoisotopic (exact) mass is 412 g/mol. The van der Waals surface area contributed by atoms with Crippen molar-refractivity contribution in [2.24, 2.45) is 0 Å². The highest BCUT2D eigenvalue weighted by molar-refractivity contribution is 7.89. The Hall–Kier alpha value is -2.55. The van der Waals surface area contributed by atoms with Gasteiger partial charge in [0, 0.05) is 38.2 Å². The van der Waals surface area contributed by atoms with E-state index >= 15 is 0 Å². The molecular formula is C21H24N4O3S. The molecule has 0 atom stereocenters. The van der Waals surface area contributed by atoms with Crippen LogP contribution in [0.3, 0.4) is 0 Å². The maximum Gasteiger partial charge on any atom is 0.243 e. The SMILES string of the molecule is O=S(=O)(c1ccccc1)N1CCN(CCCc2nc(-c3ccccc3)no2)CC1. The van der Waals surface area contributed by atoms with Crippen molar-refractivity contribution in [3.05, 3.63) is 66.6 Å². The average molecular weight is 413 g/mol. The minimum absolute atomic E-state index is 0.360. The molecule has 3 aromatic rings. The molecule has 2 heterocycles. The third kappa shape index (κ3) is 4.72. The summed E-state index contributed by atoms with van der Waals surface area (Å²) in [6.45, 7) is 3.35. The van der Waals surface area contributed by atoms with E-state index in [9.17, 15) is 8.42 Å². The minimum Gasteiger partial charge on any atom is -0.339 e. The fraction of sp³-hybridized carbons (Fsp3) is 0.333. The molecule has 1 aliphatic rings. The van der Waals surface area contributed by atoms with Crippen molar-refractivity contribution in [1.29, 1.82) is 0 Å². The second-order valence-corrected chi connectivity index (χ2v) is 8.98. The summed E-state index contributed by atoms with van der Waals surface area (Å²) in [6.07, 6.45) is 1.60. The average Bonchev–Trinajstić information content (AvgIpc) is 3.24. The number of sulfonamides is 1. The lowest BCUT2D eigenvalue weighted by Crippen LogP contribution is -2.48. The van der Waals surface area contributed by atoms with Gasteiger partial charge in [-0.2, -0.15) is 9.29 Å². The zero-order chi connectivity index (χ0) is 20.1. The molecule has 1 fully saturated rings. The number of benzene rings is 2. The molecule has 0 amide bonds. The van der Waals surface area contributed by atoms with E-state index in [0.717, 1.165) is 31.6 Å². The molecule has 0 saturated carbocycles. The summed E-state index contributed by atoms with van der Waals surface area (Å²) in [5.41, 5.74) is 0.943. The molecule has 152 valence electrons.